The van der Waals surface area contributed by atoms with Gasteiger partial charge in [-0.2, -0.15) is 9.78 Å². The van der Waals surface area contributed by atoms with E-state index in [1.165, 1.54) is 23.0 Å². The number of nitro groups is 1. The van der Waals surface area contributed by atoms with Crippen molar-refractivity contribution >= 4 is 33.8 Å². The van der Waals surface area contributed by atoms with E-state index in [0.29, 0.717) is 39.1 Å². The number of aromatic nitrogens is 2. The standard InChI is InChI=1S/C30H20N4O5/c35-30-24-12-3-4-13-25(24)32-29(28-17-21-9-1-6-15-27(21)39-28)33(30)31-18-22-10-2-5-14-26(22)38-19-20-8-7-11-23(16-20)34(36)37/h1-18H,19H2. The average molecular weight is 517 g/mol. The van der Waals surface area contributed by atoms with Gasteiger partial charge in [0.1, 0.15) is 17.9 Å². The second kappa shape index (κ2) is 10.1. The van der Waals surface area contributed by atoms with Crippen LogP contribution in [-0.4, -0.2) is 20.8 Å². The van der Waals surface area contributed by atoms with Crippen molar-refractivity contribution in [2.24, 2.45) is 5.10 Å². The summed E-state index contributed by atoms with van der Waals surface area (Å²) in [6.45, 7) is 0.119. The molecule has 0 unspecified atom stereocenters. The van der Waals surface area contributed by atoms with Crippen LogP contribution in [0.4, 0.5) is 5.69 Å². The lowest BCUT2D eigenvalue weighted by Gasteiger charge is -2.10. The van der Waals surface area contributed by atoms with Gasteiger partial charge in [-0.15, -0.1) is 0 Å². The highest BCUT2D eigenvalue weighted by Crippen LogP contribution is 2.27. The van der Waals surface area contributed by atoms with Crippen molar-refractivity contribution in [1.82, 2.24) is 9.66 Å². The van der Waals surface area contributed by atoms with E-state index in [-0.39, 0.29) is 23.7 Å². The Bertz CT molecular complexity index is 1910. The molecule has 0 spiro atoms. The Kier molecular flexibility index (Phi) is 6.14. The van der Waals surface area contributed by atoms with Crippen molar-refractivity contribution in [2.45, 2.75) is 6.61 Å². The maximum Gasteiger partial charge on any atom is 0.282 e. The molecule has 190 valence electrons. The number of benzene rings is 4. The van der Waals surface area contributed by atoms with Gasteiger partial charge in [-0.3, -0.25) is 14.9 Å². The summed E-state index contributed by atoms with van der Waals surface area (Å²) in [6, 6.07) is 29.9. The topological polar surface area (TPSA) is 113 Å². The maximum atomic E-state index is 13.5. The fourth-order valence-corrected chi connectivity index (χ4v) is 4.24. The van der Waals surface area contributed by atoms with Gasteiger partial charge in [0.15, 0.2) is 5.76 Å². The number of ether oxygens (including phenoxy) is 1. The van der Waals surface area contributed by atoms with Gasteiger partial charge in [0.25, 0.3) is 11.2 Å². The van der Waals surface area contributed by atoms with Crippen LogP contribution < -0.4 is 10.3 Å². The van der Waals surface area contributed by atoms with E-state index in [0.717, 1.165) is 5.39 Å². The van der Waals surface area contributed by atoms with Crippen LogP contribution in [0.3, 0.4) is 0 Å². The summed E-state index contributed by atoms with van der Waals surface area (Å²) in [6.07, 6.45) is 1.52. The highest BCUT2D eigenvalue weighted by molar-refractivity contribution is 5.85. The summed E-state index contributed by atoms with van der Waals surface area (Å²) in [5.74, 6) is 1.17. The predicted octanol–water partition coefficient (Wildman–Crippen LogP) is 6.18. The van der Waals surface area contributed by atoms with E-state index in [9.17, 15) is 14.9 Å². The monoisotopic (exact) mass is 516 g/mol. The molecule has 0 N–H and O–H groups in total. The third-order valence-electron chi connectivity index (χ3n) is 6.15. The van der Waals surface area contributed by atoms with E-state index in [1.807, 2.05) is 48.5 Å². The third-order valence-corrected chi connectivity index (χ3v) is 6.15. The van der Waals surface area contributed by atoms with Crippen molar-refractivity contribution in [3.63, 3.8) is 0 Å². The molecule has 9 heteroatoms. The molecule has 0 aliphatic rings. The Balaban J connectivity index is 1.39. The molecule has 4 aromatic carbocycles. The number of para-hydroxylation sites is 3. The summed E-state index contributed by atoms with van der Waals surface area (Å²) >= 11 is 0. The molecule has 0 atom stereocenters. The van der Waals surface area contributed by atoms with Crippen LogP contribution in [0, 0.1) is 10.1 Å². The molecule has 39 heavy (non-hydrogen) atoms. The van der Waals surface area contributed by atoms with Crippen molar-refractivity contribution in [3.05, 3.63) is 135 Å². The second-order valence-corrected chi connectivity index (χ2v) is 8.72. The first kappa shape index (κ1) is 23.8. The number of furan rings is 1. The Morgan fingerprint density at radius 1 is 0.949 bits per heavy atom. The molecule has 0 aliphatic carbocycles. The fraction of sp³-hybridized carbons (Fsp3) is 0.0333. The lowest BCUT2D eigenvalue weighted by molar-refractivity contribution is -0.384. The molecule has 0 amide bonds. The number of hydrogen-bond acceptors (Lipinski definition) is 7. The number of non-ortho nitro benzene ring substituents is 1. The zero-order valence-corrected chi connectivity index (χ0v) is 20.4. The van der Waals surface area contributed by atoms with E-state index in [2.05, 4.69) is 5.10 Å². The average Bonchev–Trinajstić information content (AvgIpc) is 3.40. The first-order valence-corrected chi connectivity index (χ1v) is 12.1. The smallest absolute Gasteiger partial charge is 0.282 e. The Hall–Kier alpha value is -5.57. The predicted molar refractivity (Wildman–Crippen MR) is 148 cm³/mol. The molecule has 0 fully saturated rings. The molecular formula is C30H20N4O5. The van der Waals surface area contributed by atoms with Crippen LogP contribution in [0.1, 0.15) is 11.1 Å². The lowest BCUT2D eigenvalue weighted by Crippen LogP contribution is -2.20. The lowest BCUT2D eigenvalue weighted by atomic mass is 10.2. The van der Waals surface area contributed by atoms with E-state index < -0.39 is 4.92 Å². The summed E-state index contributed by atoms with van der Waals surface area (Å²) in [4.78, 5) is 28.9. The SMILES string of the molecule is O=c1c2ccccc2nc(-c2cc3ccccc3o2)n1N=Cc1ccccc1OCc1cccc([N+](=O)[O-])c1. The molecule has 0 saturated carbocycles. The zero-order valence-electron chi connectivity index (χ0n) is 20.4. The third kappa shape index (κ3) is 4.76. The number of fused-ring (bicyclic) bond motifs is 2. The molecule has 0 aliphatic heterocycles. The molecule has 9 nitrogen and oxygen atoms in total. The maximum absolute atomic E-state index is 13.5. The highest BCUT2D eigenvalue weighted by atomic mass is 16.6. The molecule has 2 aromatic heterocycles. The fourth-order valence-electron chi connectivity index (χ4n) is 4.24. The summed E-state index contributed by atoms with van der Waals surface area (Å²) in [5, 5.41) is 16.9. The summed E-state index contributed by atoms with van der Waals surface area (Å²) < 4.78 is 13.2. The van der Waals surface area contributed by atoms with Gasteiger partial charge >= 0.3 is 0 Å². The van der Waals surface area contributed by atoms with Crippen molar-refractivity contribution < 1.29 is 14.1 Å². The van der Waals surface area contributed by atoms with E-state index in [4.69, 9.17) is 14.1 Å². The number of rotatable bonds is 7. The van der Waals surface area contributed by atoms with Crippen LogP contribution in [-0.2, 0) is 6.61 Å². The van der Waals surface area contributed by atoms with Crippen LogP contribution in [0.2, 0.25) is 0 Å². The van der Waals surface area contributed by atoms with Crippen molar-refractivity contribution in [3.8, 4) is 17.3 Å². The van der Waals surface area contributed by atoms with Gasteiger partial charge in [0.2, 0.25) is 5.82 Å². The van der Waals surface area contributed by atoms with Gasteiger partial charge in [0, 0.05) is 23.1 Å². The van der Waals surface area contributed by atoms with Crippen LogP contribution >= 0.6 is 0 Å². The second-order valence-electron chi connectivity index (χ2n) is 8.72. The van der Waals surface area contributed by atoms with Gasteiger partial charge in [0.05, 0.1) is 22.0 Å². The van der Waals surface area contributed by atoms with Crippen molar-refractivity contribution in [1.29, 1.82) is 0 Å². The zero-order chi connectivity index (χ0) is 26.8. The molecule has 6 aromatic rings. The van der Waals surface area contributed by atoms with E-state index in [1.54, 1.807) is 42.5 Å². The van der Waals surface area contributed by atoms with Crippen molar-refractivity contribution in [2.75, 3.05) is 0 Å². The minimum Gasteiger partial charge on any atom is -0.488 e. The molecule has 0 radical (unpaired) electrons. The first-order chi connectivity index (χ1) is 19.1. The minimum atomic E-state index is -0.445. The Morgan fingerprint density at radius 2 is 1.74 bits per heavy atom. The quantitative estimate of drug-likeness (QED) is 0.142. The molecule has 0 saturated heterocycles. The van der Waals surface area contributed by atoms with Gasteiger partial charge < -0.3 is 9.15 Å². The number of nitro benzene ring substituents is 1. The molecule has 0 bridgehead atoms. The van der Waals surface area contributed by atoms with E-state index >= 15 is 0 Å². The van der Waals surface area contributed by atoms with Gasteiger partial charge in [-0.25, -0.2) is 4.98 Å². The van der Waals surface area contributed by atoms with Crippen LogP contribution in [0.15, 0.2) is 117 Å². The number of nitrogens with zero attached hydrogens (tertiary/aromatic N) is 4. The number of hydrogen-bond donors (Lipinski definition) is 0. The Morgan fingerprint density at radius 3 is 2.62 bits per heavy atom. The molecule has 2 heterocycles. The summed E-state index contributed by atoms with van der Waals surface area (Å²) in [7, 11) is 0. The normalized spacial score (nSPS) is 11.4. The van der Waals surface area contributed by atoms with Crippen LogP contribution in [0.25, 0.3) is 33.5 Å². The van der Waals surface area contributed by atoms with Crippen LogP contribution in [0.5, 0.6) is 5.75 Å². The molecule has 6 rings (SSSR count). The highest BCUT2D eigenvalue weighted by Gasteiger charge is 2.16. The Labute approximate surface area is 221 Å². The molecular weight excluding hydrogens is 496 g/mol. The largest absolute Gasteiger partial charge is 0.488 e. The first-order valence-electron chi connectivity index (χ1n) is 12.1. The summed E-state index contributed by atoms with van der Waals surface area (Å²) in [5.41, 5.74) is 2.11. The van der Waals surface area contributed by atoms with Gasteiger partial charge in [-0.05, 0) is 42.0 Å². The van der Waals surface area contributed by atoms with Gasteiger partial charge in [-0.1, -0.05) is 54.6 Å². The minimum absolute atomic E-state index is 0.00718.